The molecule has 3 rings (SSSR count). The molecule has 2 aromatic carbocycles. The molecule has 196 valence electrons. The number of rotatable bonds is 5. The van der Waals surface area contributed by atoms with Gasteiger partial charge in [0.05, 0.1) is 11.6 Å². The lowest BCUT2D eigenvalue weighted by Gasteiger charge is -2.34. The van der Waals surface area contributed by atoms with Gasteiger partial charge in [0.25, 0.3) is 11.8 Å². The van der Waals surface area contributed by atoms with E-state index in [0.29, 0.717) is 42.5 Å². The smallest absolute Gasteiger partial charge is 0.257 e. The quantitative estimate of drug-likeness (QED) is 0.534. The summed E-state index contributed by atoms with van der Waals surface area (Å²) in [6.45, 7) is 8.85. The first-order valence-corrected chi connectivity index (χ1v) is 13.4. The predicted octanol–water partition coefficient (Wildman–Crippen LogP) is 5.72. The maximum Gasteiger partial charge on any atom is 0.257 e. The number of nitrogens with zero attached hydrogens (tertiary/aromatic N) is 3. The number of amides is 2. The molecular formula is C30H43N3O3. The first-order valence-electron chi connectivity index (χ1n) is 13.4. The Morgan fingerprint density at radius 3 is 2.44 bits per heavy atom. The van der Waals surface area contributed by atoms with Gasteiger partial charge in [-0.3, -0.25) is 9.59 Å². The van der Waals surface area contributed by atoms with Gasteiger partial charge in [-0.15, -0.1) is 0 Å². The average Bonchev–Trinajstić information content (AvgIpc) is 2.87. The normalized spacial score (nSPS) is 17.8. The zero-order valence-corrected chi connectivity index (χ0v) is 22.7. The Hall–Kier alpha value is -3.02. The monoisotopic (exact) mass is 493 g/mol. The first kappa shape index (κ1) is 27.6. The van der Waals surface area contributed by atoms with Gasteiger partial charge in [-0.05, 0) is 62.4 Å². The summed E-state index contributed by atoms with van der Waals surface area (Å²) >= 11 is 0. The molecule has 0 radical (unpaired) electrons. The van der Waals surface area contributed by atoms with Crippen molar-refractivity contribution in [3.8, 4) is 5.75 Å². The van der Waals surface area contributed by atoms with Crippen LogP contribution in [0.5, 0.6) is 5.75 Å². The number of carbonyl (C=O) groups excluding carboxylic acids is 2. The van der Waals surface area contributed by atoms with E-state index < -0.39 is 0 Å². The van der Waals surface area contributed by atoms with Gasteiger partial charge in [0.2, 0.25) is 0 Å². The van der Waals surface area contributed by atoms with Crippen LogP contribution in [0.25, 0.3) is 0 Å². The summed E-state index contributed by atoms with van der Waals surface area (Å²) in [5.41, 5.74) is 2.30. The van der Waals surface area contributed by atoms with Gasteiger partial charge in [0.1, 0.15) is 12.4 Å². The number of carbonyl (C=O) groups is 2. The third-order valence-electron chi connectivity index (χ3n) is 6.85. The van der Waals surface area contributed by atoms with Crippen LogP contribution in [0.1, 0.15) is 73.6 Å². The summed E-state index contributed by atoms with van der Waals surface area (Å²) in [7, 11) is 3.97. The molecule has 0 aliphatic carbocycles. The van der Waals surface area contributed by atoms with E-state index in [1.807, 2.05) is 84.2 Å². The number of para-hydroxylation sites is 1. The second kappa shape index (κ2) is 13.3. The van der Waals surface area contributed by atoms with E-state index in [1.165, 1.54) is 0 Å². The van der Waals surface area contributed by atoms with Crippen molar-refractivity contribution >= 4 is 17.5 Å². The Bertz CT molecular complexity index is 1000. The maximum absolute atomic E-state index is 13.9. The third-order valence-corrected chi connectivity index (χ3v) is 6.85. The summed E-state index contributed by atoms with van der Waals surface area (Å²) in [5.74, 6) is 1.04. The molecule has 1 aliphatic heterocycles. The van der Waals surface area contributed by atoms with Crippen molar-refractivity contribution in [2.24, 2.45) is 5.92 Å². The Labute approximate surface area is 217 Å². The molecule has 2 amide bonds. The van der Waals surface area contributed by atoms with Crippen LogP contribution < -0.4 is 9.64 Å². The van der Waals surface area contributed by atoms with Gasteiger partial charge in [0, 0.05) is 45.0 Å². The van der Waals surface area contributed by atoms with Crippen LogP contribution in [-0.2, 0) is 0 Å². The van der Waals surface area contributed by atoms with Crippen LogP contribution in [0.4, 0.5) is 5.69 Å². The first-order chi connectivity index (χ1) is 17.3. The Morgan fingerprint density at radius 2 is 1.75 bits per heavy atom. The summed E-state index contributed by atoms with van der Waals surface area (Å²) in [5, 5.41) is 0. The topological polar surface area (TPSA) is 53.1 Å². The predicted molar refractivity (Wildman–Crippen MR) is 147 cm³/mol. The second-order valence-corrected chi connectivity index (χ2v) is 10.3. The molecule has 0 saturated carbocycles. The van der Waals surface area contributed by atoms with Crippen molar-refractivity contribution in [2.75, 3.05) is 45.2 Å². The molecule has 1 atom stereocenters. The molecule has 2 aromatic rings. The lowest BCUT2D eigenvalue weighted by molar-refractivity contribution is 0.0566. The highest BCUT2D eigenvalue weighted by Gasteiger charge is 2.27. The standard InChI is InChI=1S/C30H43N3O3/c1-6-32-18-11-7-8-12-19-33(29(34)24-14-13-15-25(21-24)31(4)5)26(20-23(2)3)22-36-28-17-10-9-16-27(28)30(32)35/h9-10,13-17,21,23,26H,6-8,11-12,18-20,22H2,1-5H3/t26-/m0/s1. The zero-order chi connectivity index (χ0) is 26.1. The van der Waals surface area contributed by atoms with Crippen LogP contribution in [0.3, 0.4) is 0 Å². The SMILES string of the molecule is CCN1CCCCCCN(C(=O)c2cccc(N(C)C)c2)[C@@H](CC(C)C)COc2ccccc2C1=O. The molecule has 36 heavy (non-hydrogen) atoms. The van der Waals surface area contributed by atoms with E-state index in [4.69, 9.17) is 4.74 Å². The van der Waals surface area contributed by atoms with Crippen molar-refractivity contribution in [3.63, 3.8) is 0 Å². The van der Waals surface area contributed by atoms with E-state index in [9.17, 15) is 9.59 Å². The number of fused-ring (bicyclic) bond motifs is 1. The van der Waals surface area contributed by atoms with Gasteiger partial charge >= 0.3 is 0 Å². The number of hydrogen-bond acceptors (Lipinski definition) is 4. The minimum atomic E-state index is -0.0890. The molecule has 0 spiro atoms. The Kier molecular flexibility index (Phi) is 10.2. The van der Waals surface area contributed by atoms with E-state index in [1.54, 1.807) is 0 Å². The molecule has 0 fully saturated rings. The number of anilines is 1. The number of benzene rings is 2. The van der Waals surface area contributed by atoms with Crippen molar-refractivity contribution < 1.29 is 14.3 Å². The van der Waals surface area contributed by atoms with Crippen molar-refractivity contribution in [1.82, 2.24) is 9.80 Å². The van der Waals surface area contributed by atoms with Crippen LogP contribution >= 0.6 is 0 Å². The summed E-state index contributed by atoms with van der Waals surface area (Å²) in [6.07, 6.45) is 4.78. The molecular weight excluding hydrogens is 450 g/mol. The van der Waals surface area contributed by atoms with E-state index in [2.05, 4.69) is 13.8 Å². The van der Waals surface area contributed by atoms with Crippen LogP contribution in [0.2, 0.25) is 0 Å². The minimum absolute atomic E-state index is 0.0130. The van der Waals surface area contributed by atoms with Gasteiger partial charge in [0.15, 0.2) is 0 Å². The Balaban J connectivity index is 1.95. The molecule has 0 unspecified atom stereocenters. The maximum atomic E-state index is 13.9. The van der Waals surface area contributed by atoms with Gasteiger partial charge in [-0.25, -0.2) is 0 Å². The highest BCUT2D eigenvalue weighted by atomic mass is 16.5. The molecule has 0 bridgehead atoms. The summed E-state index contributed by atoms with van der Waals surface area (Å²) in [6, 6.07) is 15.2. The van der Waals surface area contributed by atoms with Gasteiger partial charge < -0.3 is 19.4 Å². The second-order valence-electron chi connectivity index (χ2n) is 10.3. The van der Waals surface area contributed by atoms with Crippen molar-refractivity contribution in [3.05, 3.63) is 59.7 Å². The highest BCUT2D eigenvalue weighted by molar-refractivity contribution is 5.97. The van der Waals surface area contributed by atoms with E-state index in [-0.39, 0.29) is 17.9 Å². The van der Waals surface area contributed by atoms with E-state index in [0.717, 1.165) is 44.3 Å². The molecule has 0 N–H and O–H groups in total. The number of ether oxygens (including phenoxy) is 1. The summed E-state index contributed by atoms with van der Waals surface area (Å²) < 4.78 is 6.34. The molecule has 0 saturated heterocycles. The van der Waals surface area contributed by atoms with Crippen LogP contribution in [0, 0.1) is 5.92 Å². The fourth-order valence-corrected chi connectivity index (χ4v) is 4.83. The van der Waals surface area contributed by atoms with Crippen LogP contribution in [-0.4, -0.2) is 68.0 Å². The molecule has 6 nitrogen and oxygen atoms in total. The fourth-order valence-electron chi connectivity index (χ4n) is 4.83. The zero-order valence-electron chi connectivity index (χ0n) is 22.7. The Morgan fingerprint density at radius 1 is 1.03 bits per heavy atom. The summed E-state index contributed by atoms with van der Waals surface area (Å²) in [4.78, 5) is 33.1. The van der Waals surface area contributed by atoms with Gasteiger partial charge in [-0.1, -0.05) is 44.9 Å². The van der Waals surface area contributed by atoms with Crippen molar-refractivity contribution in [1.29, 1.82) is 0 Å². The van der Waals surface area contributed by atoms with E-state index >= 15 is 0 Å². The highest BCUT2D eigenvalue weighted by Crippen LogP contribution is 2.25. The lowest BCUT2D eigenvalue weighted by Crippen LogP contribution is -2.45. The van der Waals surface area contributed by atoms with Crippen molar-refractivity contribution in [2.45, 2.75) is 58.9 Å². The molecule has 0 aromatic heterocycles. The molecule has 1 heterocycles. The molecule has 1 aliphatic rings. The van der Waals surface area contributed by atoms with Gasteiger partial charge in [-0.2, -0.15) is 0 Å². The molecule has 6 heteroatoms. The average molecular weight is 494 g/mol. The minimum Gasteiger partial charge on any atom is -0.491 e. The number of hydrogen-bond donors (Lipinski definition) is 0. The van der Waals surface area contributed by atoms with Crippen LogP contribution in [0.15, 0.2) is 48.5 Å². The largest absolute Gasteiger partial charge is 0.491 e. The third kappa shape index (κ3) is 7.25. The lowest BCUT2D eigenvalue weighted by atomic mass is 10.0. The fraction of sp³-hybridized carbons (Fsp3) is 0.533.